The van der Waals surface area contributed by atoms with Crippen LogP contribution in [0.5, 0.6) is 5.75 Å². The van der Waals surface area contributed by atoms with Gasteiger partial charge in [-0.25, -0.2) is 4.39 Å². The molecule has 2 rings (SSSR count). The van der Waals surface area contributed by atoms with E-state index in [4.69, 9.17) is 4.74 Å². The van der Waals surface area contributed by atoms with Crippen molar-refractivity contribution in [1.29, 1.82) is 0 Å². The van der Waals surface area contributed by atoms with E-state index < -0.39 is 11.9 Å². The van der Waals surface area contributed by atoms with Crippen molar-refractivity contribution in [2.75, 3.05) is 0 Å². The van der Waals surface area contributed by atoms with Gasteiger partial charge in [0.05, 0.1) is 5.97 Å². The Morgan fingerprint density at radius 3 is 2.14 bits per heavy atom. The van der Waals surface area contributed by atoms with Gasteiger partial charge in [-0.3, -0.25) is 4.79 Å². The number of hydrogen-bond donors (Lipinski definition) is 0. The number of hydrogen-bond acceptors (Lipinski definition) is 4. The molecule has 0 aromatic heterocycles. The van der Waals surface area contributed by atoms with Gasteiger partial charge < -0.3 is 14.6 Å². The van der Waals surface area contributed by atoms with E-state index in [0.717, 1.165) is 0 Å². The fourth-order valence-electron chi connectivity index (χ4n) is 1.76. The quantitative estimate of drug-likeness (QED) is 0.405. The molecule has 2 aromatic carbocycles. The van der Waals surface area contributed by atoms with Crippen molar-refractivity contribution in [3.05, 3.63) is 53.8 Å². The number of carboxylic acids is 1. The molecule has 0 spiro atoms. The van der Waals surface area contributed by atoms with Gasteiger partial charge in [0.25, 0.3) is 0 Å². The smallest absolute Gasteiger partial charge is 0.545 e. The number of esters is 1. The first-order chi connectivity index (χ1) is 9.47. The SMILES string of the molecule is CC(=O)Oc1ccc(-c2ccc(F)cc2)cc1C(=O)[O-].[Na+]. The maximum atomic E-state index is 12.9. The summed E-state index contributed by atoms with van der Waals surface area (Å²) in [6, 6.07) is 9.86. The zero-order valence-electron chi connectivity index (χ0n) is 11.6. The zero-order valence-corrected chi connectivity index (χ0v) is 13.6. The first kappa shape index (κ1) is 17.4. The number of rotatable bonds is 3. The molecule has 0 bridgehead atoms. The van der Waals surface area contributed by atoms with Crippen LogP contribution in [-0.2, 0) is 4.79 Å². The zero-order chi connectivity index (χ0) is 14.7. The van der Waals surface area contributed by atoms with Crippen molar-refractivity contribution in [2.45, 2.75) is 6.92 Å². The summed E-state index contributed by atoms with van der Waals surface area (Å²) in [7, 11) is 0. The number of carbonyl (C=O) groups is 2. The molecular weight excluding hydrogens is 286 g/mol. The van der Waals surface area contributed by atoms with Gasteiger partial charge in [0.1, 0.15) is 11.6 Å². The van der Waals surface area contributed by atoms with Crippen LogP contribution in [0.1, 0.15) is 17.3 Å². The summed E-state index contributed by atoms with van der Waals surface area (Å²) >= 11 is 0. The monoisotopic (exact) mass is 296 g/mol. The largest absolute Gasteiger partial charge is 1.00 e. The van der Waals surface area contributed by atoms with Crippen molar-refractivity contribution in [1.82, 2.24) is 0 Å². The van der Waals surface area contributed by atoms with Crippen LogP contribution in [0.4, 0.5) is 4.39 Å². The first-order valence-corrected chi connectivity index (χ1v) is 5.77. The predicted molar refractivity (Wildman–Crippen MR) is 67.5 cm³/mol. The number of aromatic carboxylic acids is 1. The van der Waals surface area contributed by atoms with Crippen molar-refractivity contribution in [3.63, 3.8) is 0 Å². The van der Waals surface area contributed by atoms with Crippen LogP contribution in [0.2, 0.25) is 0 Å². The van der Waals surface area contributed by atoms with Crippen LogP contribution in [0, 0.1) is 5.82 Å². The van der Waals surface area contributed by atoms with Gasteiger partial charge in [-0.15, -0.1) is 0 Å². The van der Waals surface area contributed by atoms with Crippen LogP contribution in [0.15, 0.2) is 42.5 Å². The minimum atomic E-state index is -1.45. The average molecular weight is 296 g/mol. The van der Waals surface area contributed by atoms with E-state index in [2.05, 4.69) is 0 Å². The number of carboxylic acid groups (broad SMARTS) is 1. The summed E-state index contributed by atoms with van der Waals surface area (Å²) in [6.45, 7) is 1.17. The Morgan fingerprint density at radius 1 is 1.05 bits per heavy atom. The number of ether oxygens (including phenoxy) is 1. The van der Waals surface area contributed by atoms with Gasteiger partial charge in [-0.05, 0) is 35.4 Å². The van der Waals surface area contributed by atoms with Gasteiger partial charge in [-0.2, -0.15) is 0 Å². The molecule has 0 N–H and O–H groups in total. The van der Waals surface area contributed by atoms with E-state index in [-0.39, 0.29) is 46.7 Å². The second-order valence-corrected chi connectivity index (χ2v) is 4.10. The second-order valence-electron chi connectivity index (χ2n) is 4.10. The molecule has 4 nitrogen and oxygen atoms in total. The van der Waals surface area contributed by atoms with Crippen LogP contribution in [0.25, 0.3) is 11.1 Å². The molecular formula is C15H10FNaO4. The number of carbonyl (C=O) groups excluding carboxylic acids is 2. The molecule has 0 heterocycles. The minimum Gasteiger partial charge on any atom is -0.545 e. The third kappa shape index (κ3) is 4.39. The van der Waals surface area contributed by atoms with Gasteiger partial charge in [0, 0.05) is 12.5 Å². The Morgan fingerprint density at radius 2 is 1.62 bits per heavy atom. The molecule has 2 aromatic rings. The Bertz CT molecular complexity index is 668. The third-order valence-corrected chi connectivity index (χ3v) is 2.63. The fraction of sp³-hybridized carbons (Fsp3) is 0.0667. The average Bonchev–Trinajstić information content (AvgIpc) is 2.39. The Kier molecular flexibility index (Phi) is 6.08. The van der Waals surface area contributed by atoms with Crippen LogP contribution in [-0.4, -0.2) is 11.9 Å². The minimum absolute atomic E-state index is 0. The number of benzene rings is 2. The molecule has 0 fully saturated rings. The summed E-state index contributed by atoms with van der Waals surface area (Å²) in [4.78, 5) is 22.0. The molecule has 102 valence electrons. The Balaban J connectivity index is 0.00000220. The fourth-order valence-corrected chi connectivity index (χ4v) is 1.76. The van der Waals surface area contributed by atoms with E-state index >= 15 is 0 Å². The molecule has 0 saturated heterocycles. The Hall–Kier alpha value is -1.69. The summed E-state index contributed by atoms with van der Waals surface area (Å²) in [6.07, 6.45) is 0. The Labute approximate surface area is 142 Å². The van der Waals surface area contributed by atoms with E-state index in [1.54, 1.807) is 6.07 Å². The van der Waals surface area contributed by atoms with Crippen molar-refractivity contribution in [2.24, 2.45) is 0 Å². The van der Waals surface area contributed by atoms with Crippen molar-refractivity contribution < 1.29 is 53.4 Å². The van der Waals surface area contributed by atoms with Gasteiger partial charge in [0.2, 0.25) is 0 Å². The second kappa shape index (κ2) is 7.36. The number of halogens is 1. The van der Waals surface area contributed by atoms with Crippen molar-refractivity contribution >= 4 is 11.9 Å². The van der Waals surface area contributed by atoms with Crippen LogP contribution >= 0.6 is 0 Å². The molecule has 0 radical (unpaired) electrons. The third-order valence-electron chi connectivity index (χ3n) is 2.63. The summed E-state index contributed by atoms with van der Waals surface area (Å²) in [5.74, 6) is -2.54. The molecule has 6 heteroatoms. The van der Waals surface area contributed by atoms with Gasteiger partial charge in [-0.1, -0.05) is 18.2 Å². The standard InChI is InChI=1S/C15H11FO4.Na/c1-9(17)20-14-7-4-11(8-13(14)15(18)19)10-2-5-12(16)6-3-10;/h2-8H,1H3,(H,18,19);/q;+1/p-1. The maximum absolute atomic E-state index is 12.9. The maximum Gasteiger partial charge on any atom is 1.00 e. The normalized spacial score (nSPS) is 9.62. The molecule has 0 unspecified atom stereocenters. The van der Waals surface area contributed by atoms with E-state index in [1.165, 1.54) is 43.3 Å². The molecule has 0 aliphatic carbocycles. The van der Waals surface area contributed by atoms with Crippen molar-refractivity contribution in [3.8, 4) is 16.9 Å². The van der Waals surface area contributed by atoms with E-state index in [1.807, 2.05) is 0 Å². The van der Waals surface area contributed by atoms with Gasteiger partial charge in [0.15, 0.2) is 0 Å². The summed E-state index contributed by atoms with van der Waals surface area (Å²) < 4.78 is 17.7. The predicted octanol–water partition coefficient (Wildman–Crippen LogP) is -1.21. The summed E-state index contributed by atoms with van der Waals surface area (Å²) in [5, 5.41) is 11.1. The van der Waals surface area contributed by atoms with E-state index in [9.17, 15) is 19.1 Å². The van der Waals surface area contributed by atoms with Crippen LogP contribution < -0.4 is 39.4 Å². The molecule has 0 aliphatic heterocycles. The first-order valence-electron chi connectivity index (χ1n) is 5.77. The summed E-state index contributed by atoms with van der Waals surface area (Å²) in [5.41, 5.74) is 0.963. The molecule has 0 amide bonds. The molecule has 21 heavy (non-hydrogen) atoms. The van der Waals surface area contributed by atoms with Crippen LogP contribution in [0.3, 0.4) is 0 Å². The molecule has 0 aliphatic rings. The van der Waals surface area contributed by atoms with Gasteiger partial charge >= 0.3 is 35.5 Å². The molecule has 0 atom stereocenters. The molecule has 0 saturated carbocycles. The topological polar surface area (TPSA) is 66.4 Å². The van der Waals surface area contributed by atoms with E-state index in [0.29, 0.717) is 11.1 Å².